The fraction of sp³-hybridized carbons (Fsp3) is 0.286. The van der Waals surface area contributed by atoms with Crippen molar-refractivity contribution < 1.29 is 19.2 Å². The summed E-state index contributed by atoms with van der Waals surface area (Å²) < 4.78 is 0. The predicted molar refractivity (Wildman–Crippen MR) is 202 cm³/mol. The number of benzene rings is 4. The van der Waals surface area contributed by atoms with E-state index in [0.29, 0.717) is 37.3 Å². The Bertz CT molecular complexity index is 1970. The van der Waals surface area contributed by atoms with E-state index in [1.807, 2.05) is 123 Å². The zero-order valence-electron chi connectivity index (χ0n) is 29.2. The van der Waals surface area contributed by atoms with Crippen LogP contribution in [0.3, 0.4) is 0 Å². The number of fused-ring (bicyclic) bond motifs is 1. The lowest BCUT2D eigenvalue weighted by atomic mass is 9.94. The summed E-state index contributed by atoms with van der Waals surface area (Å²) in [6, 6.07) is 34.1. The van der Waals surface area contributed by atoms with Crippen LogP contribution in [0.5, 0.6) is 0 Å². The molecule has 0 spiro atoms. The van der Waals surface area contributed by atoms with Gasteiger partial charge in [-0.15, -0.1) is 0 Å². The Morgan fingerprint density at radius 2 is 1.55 bits per heavy atom. The Kier molecular flexibility index (Phi) is 11.3. The first kappa shape index (κ1) is 35.1. The number of amides is 4. The van der Waals surface area contributed by atoms with Gasteiger partial charge < -0.3 is 25.4 Å². The summed E-state index contributed by atoms with van der Waals surface area (Å²) in [6.07, 6.45) is 3.13. The normalized spacial score (nSPS) is 14.6. The molecule has 2 atom stereocenters. The van der Waals surface area contributed by atoms with E-state index in [-0.39, 0.29) is 42.5 Å². The van der Waals surface area contributed by atoms with E-state index in [0.717, 1.165) is 46.1 Å². The van der Waals surface area contributed by atoms with E-state index in [1.54, 1.807) is 9.80 Å². The summed E-state index contributed by atoms with van der Waals surface area (Å²) in [5.41, 5.74) is 5.96. The predicted octanol–water partition coefficient (Wildman–Crippen LogP) is 7.38. The second-order valence-corrected chi connectivity index (χ2v) is 13.1. The van der Waals surface area contributed by atoms with E-state index >= 15 is 0 Å². The topological polar surface area (TPSA) is 115 Å². The minimum atomic E-state index is -0.503. The Morgan fingerprint density at radius 1 is 0.843 bits per heavy atom. The minimum absolute atomic E-state index is 0.00469. The van der Waals surface area contributed by atoms with Crippen LogP contribution in [0.15, 0.2) is 109 Å². The highest BCUT2D eigenvalue weighted by Crippen LogP contribution is 2.30. The van der Waals surface area contributed by atoms with E-state index in [9.17, 15) is 19.2 Å². The van der Waals surface area contributed by atoms with Crippen LogP contribution in [0.25, 0.3) is 22.2 Å². The highest BCUT2D eigenvalue weighted by molar-refractivity contribution is 6.00. The lowest BCUT2D eigenvalue weighted by Gasteiger charge is -2.28. The number of likely N-dealkylation sites (tertiary alicyclic amines) is 1. The Hall–Kier alpha value is -5.70. The van der Waals surface area contributed by atoms with Gasteiger partial charge in [-0.25, -0.2) is 0 Å². The van der Waals surface area contributed by atoms with E-state index in [4.69, 9.17) is 0 Å². The number of hydrogen-bond acceptors (Lipinski definition) is 4. The molecule has 1 aromatic heterocycles. The maximum absolute atomic E-state index is 13.6. The first-order valence-electron chi connectivity index (χ1n) is 17.8. The van der Waals surface area contributed by atoms with Crippen LogP contribution in [0.4, 0.5) is 11.4 Å². The van der Waals surface area contributed by atoms with Crippen molar-refractivity contribution in [3.05, 3.63) is 120 Å². The van der Waals surface area contributed by atoms with Gasteiger partial charge in [0.15, 0.2) is 0 Å². The molecule has 0 unspecified atom stereocenters. The molecule has 51 heavy (non-hydrogen) atoms. The molecule has 0 saturated carbocycles. The van der Waals surface area contributed by atoms with Crippen molar-refractivity contribution in [2.75, 3.05) is 30.3 Å². The highest BCUT2D eigenvalue weighted by atomic mass is 16.2. The minimum Gasteiger partial charge on any atom is -0.355 e. The molecule has 4 amide bonds. The molecule has 5 aromatic rings. The van der Waals surface area contributed by atoms with Crippen molar-refractivity contribution in [2.24, 2.45) is 0 Å². The molecule has 0 aliphatic carbocycles. The number of carbonyl (C=O) groups is 4. The second kappa shape index (κ2) is 16.3. The molecule has 3 N–H and O–H groups in total. The number of hydrogen-bond donors (Lipinski definition) is 3. The standard InChI is InChI=1S/C42H45N5O4/c1-3-23-46(40(49)25-29-12-7-5-8-13-29)28-39(48)43-33-19-17-31(18-20-33)37-27-32-26-34(21-22-36(32)45-37)44-41(50)38-16-11-24-47(38)42(51)35(4-2)30-14-9-6-10-15-30/h5-10,12-15,17-22,26-27,35,38,45H,3-4,11,16,23-25,28H2,1-2H3,(H,43,48)(H,44,50)/t35-,38+/m1/s1. The quantitative estimate of drug-likeness (QED) is 0.120. The molecule has 0 radical (unpaired) electrons. The molecule has 9 heteroatoms. The van der Waals surface area contributed by atoms with Crippen molar-refractivity contribution in [1.29, 1.82) is 0 Å². The van der Waals surface area contributed by atoms with Gasteiger partial charge in [-0.3, -0.25) is 19.2 Å². The third-order valence-corrected chi connectivity index (χ3v) is 9.49. The number of anilines is 2. The van der Waals surface area contributed by atoms with Crippen LogP contribution in [0.2, 0.25) is 0 Å². The molecule has 6 rings (SSSR count). The SMILES string of the molecule is CCCN(CC(=O)Nc1ccc(-c2cc3cc(NC(=O)[C@@H]4CCCN4C(=O)[C@H](CC)c4ccccc4)ccc3[nH]2)cc1)C(=O)Cc1ccccc1. The van der Waals surface area contributed by atoms with E-state index in [2.05, 4.69) is 15.6 Å². The monoisotopic (exact) mass is 683 g/mol. The number of nitrogens with zero attached hydrogens (tertiary/aromatic N) is 2. The van der Waals surface area contributed by atoms with Crippen LogP contribution in [-0.2, 0) is 25.6 Å². The summed E-state index contributed by atoms with van der Waals surface area (Å²) in [4.78, 5) is 59.7. The summed E-state index contributed by atoms with van der Waals surface area (Å²) >= 11 is 0. The van der Waals surface area contributed by atoms with Gasteiger partial charge in [0.25, 0.3) is 0 Å². The maximum atomic E-state index is 13.6. The van der Waals surface area contributed by atoms with Crippen molar-refractivity contribution in [1.82, 2.24) is 14.8 Å². The van der Waals surface area contributed by atoms with Gasteiger partial charge in [-0.05, 0) is 78.8 Å². The third kappa shape index (κ3) is 8.55. The Balaban J connectivity index is 1.07. The second-order valence-electron chi connectivity index (χ2n) is 13.1. The summed E-state index contributed by atoms with van der Waals surface area (Å²) in [7, 11) is 0. The smallest absolute Gasteiger partial charge is 0.247 e. The first-order valence-corrected chi connectivity index (χ1v) is 17.8. The first-order chi connectivity index (χ1) is 24.8. The molecule has 4 aromatic carbocycles. The fourth-order valence-corrected chi connectivity index (χ4v) is 6.88. The summed E-state index contributed by atoms with van der Waals surface area (Å²) in [5.74, 6) is -0.754. The van der Waals surface area contributed by atoms with Crippen LogP contribution in [0, 0.1) is 0 Å². The molecule has 1 fully saturated rings. The number of H-pyrrole nitrogens is 1. The molecular weight excluding hydrogens is 638 g/mol. The number of rotatable bonds is 13. The Labute approximate surface area is 299 Å². The lowest BCUT2D eigenvalue weighted by molar-refractivity contribution is -0.138. The molecule has 9 nitrogen and oxygen atoms in total. The largest absolute Gasteiger partial charge is 0.355 e. The van der Waals surface area contributed by atoms with Gasteiger partial charge in [-0.2, -0.15) is 0 Å². The van der Waals surface area contributed by atoms with Crippen LogP contribution < -0.4 is 10.6 Å². The van der Waals surface area contributed by atoms with Crippen LogP contribution in [0.1, 0.15) is 56.6 Å². The number of aromatic amines is 1. The van der Waals surface area contributed by atoms with Gasteiger partial charge in [0.05, 0.1) is 18.9 Å². The average Bonchev–Trinajstić information content (AvgIpc) is 3.81. The third-order valence-electron chi connectivity index (χ3n) is 9.49. The van der Waals surface area contributed by atoms with Crippen molar-refractivity contribution >= 4 is 45.9 Å². The number of nitrogens with one attached hydrogen (secondary N) is 3. The lowest BCUT2D eigenvalue weighted by Crippen LogP contribution is -2.45. The Morgan fingerprint density at radius 3 is 2.25 bits per heavy atom. The maximum Gasteiger partial charge on any atom is 0.247 e. The molecule has 1 saturated heterocycles. The molecule has 1 aliphatic heterocycles. The molecular formula is C42H45N5O4. The van der Waals surface area contributed by atoms with Gasteiger partial charge in [0.2, 0.25) is 23.6 Å². The average molecular weight is 684 g/mol. The fourth-order valence-electron chi connectivity index (χ4n) is 6.88. The molecule has 1 aliphatic rings. The summed E-state index contributed by atoms with van der Waals surface area (Å²) in [5, 5.41) is 6.92. The summed E-state index contributed by atoms with van der Waals surface area (Å²) in [6.45, 7) is 5.08. The van der Waals surface area contributed by atoms with Crippen molar-refractivity contribution in [2.45, 2.75) is 57.9 Å². The van der Waals surface area contributed by atoms with Gasteiger partial charge >= 0.3 is 0 Å². The van der Waals surface area contributed by atoms with Crippen LogP contribution >= 0.6 is 0 Å². The zero-order valence-corrected chi connectivity index (χ0v) is 29.2. The molecule has 0 bridgehead atoms. The molecule has 2 heterocycles. The van der Waals surface area contributed by atoms with Gasteiger partial charge in [-0.1, -0.05) is 86.6 Å². The van der Waals surface area contributed by atoms with E-state index < -0.39 is 6.04 Å². The zero-order chi connectivity index (χ0) is 35.7. The number of carbonyl (C=O) groups excluding carboxylic acids is 4. The highest BCUT2D eigenvalue weighted by Gasteiger charge is 2.37. The van der Waals surface area contributed by atoms with Gasteiger partial charge in [0, 0.05) is 41.1 Å². The van der Waals surface area contributed by atoms with E-state index in [1.165, 1.54) is 0 Å². The van der Waals surface area contributed by atoms with Crippen molar-refractivity contribution in [3.63, 3.8) is 0 Å². The molecule has 262 valence electrons. The van der Waals surface area contributed by atoms with Crippen LogP contribution in [-0.4, -0.2) is 64.1 Å². The number of aromatic nitrogens is 1. The van der Waals surface area contributed by atoms with Gasteiger partial charge in [0.1, 0.15) is 6.04 Å². The van der Waals surface area contributed by atoms with Crippen molar-refractivity contribution in [3.8, 4) is 11.3 Å².